The Labute approximate surface area is 68.4 Å². The average Bonchev–Trinajstić information content (AvgIpc) is 2.39. The lowest BCUT2D eigenvalue weighted by Gasteiger charge is -2.02. The summed E-state index contributed by atoms with van der Waals surface area (Å²) in [5.74, 6) is -0.208. The Hall–Kier alpha value is -0.940. The third-order valence-corrected chi connectivity index (χ3v) is 1.76. The third kappa shape index (κ3) is 2.28. The van der Waals surface area contributed by atoms with Crippen molar-refractivity contribution in [1.82, 2.24) is 4.98 Å². The summed E-state index contributed by atoms with van der Waals surface area (Å²) < 4.78 is 0. The second kappa shape index (κ2) is 3.45. The third-order valence-electron chi connectivity index (χ3n) is 1.08. The molecule has 11 heavy (non-hydrogen) atoms. The molecule has 1 rings (SSSR count). The van der Waals surface area contributed by atoms with Gasteiger partial charge in [-0.05, 0) is 6.92 Å². The van der Waals surface area contributed by atoms with Crippen molar-refractivity contribution in [3.63, 3.8) is 0 Å². The molecule has 60 valence electrons. The average molecular weight is 171 g/mol. The Morgan fingerprint density at radius 2 is 2.64 bits per heavy atom. The first kappa shape index (κ1) is 8.16. The smallest absolute Gasteiger partial charge is 0.242 e. The minimum atomic E-state index is -0.487. The van der Waals surface area contributed by atoms with Crippen LogP contribution in [0.25, 0.3) is 0 Å². The van der Waals surface area contributed by atoms with Crippen molar-refractivity contribution in [1.29, 1.82) is 0 Å². The summed E-state index contributed by atoms with van der Waals surface area (Å²) in [6.07, 6.45) is 1.63. The SMILES string of the molecule is C[C@@H](N)C(=O)Nc1nccs1. The molecule has 1 amide bonds. The Kier molecular flexibility index (Phi) is 2.56. The molecule has 1 heterocycles. The van der Waals surface area contributed by atoms with E-state index in [-0.39, 0.29) is 5.91 Å². The largest absolute Gasteiger partial charge is 0.320 e. The zero-order valence-corrected chi connectivity index (χ0v) is 6.89. The molecule has 0 aromatic carbocycles. The zero-order chi connectivity index (χ0) is 8.27. The van der Waals surface area contributed by atoms with Gasteiger partial charge in [-0.15, -0.1) is 11.3 Å². The van der Waals surface area contributed by atoms with Gasteiger partial charge >= 0.3 is 0 Å². The highest BCUT2D eigenvalue weighted by Crippen LogP contribution is 2.09. The minimum Gasteiger partial charge on any atom is -0.320 e. The van der Waals surface area contributed by atoms with E-state index < -0.39 is 6.04 Å². The minimum absolute atomic E-state index is 0.208. The van der Waals surface area contributed by atoms with Crippen molar-refractivity contribution >= 4 is 22.4 Å². The van der Waals surface area contributed by atoms with Crippen molar-refractivity contribution in [2.45, 2.75) is 13.0 Å². The Bertz CT molecular complexity index is 232. The van der Waals surface area contributed by atoms with E-state index in [2.05, 4.69) is 10.3 Å². The van der Waals surface area contributed by atoms with Gasteiger partial charge in [0.1, 0.15) is 0 Å². The Balaban J connectivity index is 2.50. The normalized spacial score (nSPS) is 12.5. The van der Waals surface area contributed by atoms with Crippen molar-refractivity contribution in [2.24, 2.45) is 5.73 Å². The fraction of sp³-hybridized carbons (Fsp3) is 0.333. The summed E-state index contributed by atoms with van der Waals surface area (Å²) in [6, 6.07) is -0.487. The van der Waals surface area contributed by atoms with E-state index in [1.807, 2.05) is 0 Å². The molecule has 0 unspecified atom stereocenters. The lowest BCUT2D eigenvalue weighted by atomic mass is 10.3. The summed E-state index contributed by atoms with van der Waals surface area (Å²) in [6.45, 7) is 1.63. The Morgan fingerprint density at radius 1 is 1.91 bits per heavy atom. The molecule has 1 aromatic heterocycles. The van der Waals surface area contributed by atoms with Crippen molar-refractivity contribution in [3.05, 3.63) is 11.6 Å². The number of aromatic nitrogens is 1. The standard InChI is InChI=1S/C6H9N3OS/c1-4(7)5(10)9-6-8-2-3-11-6/h2-4H,7H2,1H3,(H,8,9,10)/t4-/m1/s1. The molecule has 0 aliphatic carbocycles. The van der Waals surface area contributed by atoms with Gasteiger partial charge in [0.25, 0.3) is 0 Å². The van der Waals surface area contributed by atoms with Crippen molar-refractivity contribution in [3.8, 4) is 0 Å². The van der Waals surface area contributed by atoms with E-state index in [0.29, 0.717) is 5.13 Å². The summed E-state index contributed by atoms with van der Waals surface area (Å²) in [7, 11) is 0. The summed E-state index contributed by atoms with van der Waals surface area (Å²) in [5, 5.41) is 4.94. The van der Waals surface area contributed by atoms with E-state index in [0.717, 1.165) is 0 Å². The quantitative estimate of drug-likeness (QED) is 0.678. The first-order valence-electron chi connectivity index (χ1n) is 3.16. The molecule has 0 bridgehead atoms. The first-order valence-corrected chi connectivity index (χ1v) is 4.04. The molecule has 0 radical (unpaired) electrons. The molecule has 0 saturated heterocycles. The van der Waals surface area contributed by atoms with E-state index in [9.17, 15) is 4.79 Å². The van der Waals surface area contributed by atoms with Crippen LogP contribution in [0.3, 0.4) is 0 Å². The molecule has 1 atom stereocenters. The number of anilines is 1. The maximum absolute atomic E-state index is 10.9. The monoisotopic (exact) mass is 171 g/mol. The topological polar surface area (TPSA) is 68.0 Å². The zero-order valence-electron chi connectivity index (χ0n) is 6.07. The fourth-order valence-electron chi connectivity index (χ4n) is 0.504. The second-order valence-corrected chi connectivity index (χ2v) is 3.01. The van der Waals surface area contributed by atoms with E-state index >= 15 is 0 Å². The van der Waals surface area contributed by atoms with Crippen molar-refractivity contribution in [2.75, 3.05) is 5.32 Å². The number of nitrogens with zero attached hydrogens (tertiary/aromatic N) is 1. The molecule has 4 nitrogen and oxygen atoms in total. The number of nitrogens with one attached hydrogen (secondary N) is 1. The number of hydrogen-bond donors (Lipinski definition) is 2. The van der Waals surface area contributed by atoms with Gasteiger partial charge in [0.2, 0.25) is 5.91 Å². The molecule has 3 N–H and O–H groups in total. The van der Waals surface area contributed by atoms with E-state index in [1.54, 1.807) is 18.5 Å². The summed E-state index contributed by atoms with van der Waals surface area (Å²) in [5.41, 5.74) is 5.32. The van der Waals surface area contributed by atoms with Crippen LogP contribution in [0, 0.1) is 0 Å². The highest BCUT2D eigenvalue weighted by atomic mass is 32.1. The van der Waals surface area contributed by atoms with E-state index in [1.165, 1.54) is 11.3 Å². The number of rotatable bonds is 2. The molecule has 0 saturated carbocycles. The van der Waals surface area contributed by atoms with Crippen LogP contribution in [0.15, 0.2) is 11.6 Å². The molecule has 0 aliphatic heterocycles. The van der Waals surface area contributed by atoms with Crippen molar-refractivity contribution < 1.29 is 4.79 Å². The predicted octanol–water partition coefficient (Wildman–Crippen LogP) is 0.429. The summed E-state index contributed by atoms with van der Waals surface area (Å²) >= 11 is 1.37. The molecule has 1 aromatic rings. The van der Waals surface area contributed by atoms with Gasteiger partial charge in [0.05, 0.1) is 6.04 Å². The highest BCUT2D eigenvalue weighted by Gasteiger charge is 2.07. The molecule has 0 fully saturated rings. The van der Waals surface area contributed by atoms with Gasteiger partial charge in [-0.1, -0.05) is 0 Å². The fourth-order valence-corrected chi connectivity index (χ4v) is 1.04. The van der Waals surface area contributed by atoms with Crippen LogP contribution in [-0.4, -0.2) is 16.9 Å². The Morgan fingerprint density at radius 3 is 3.09 bits per heavy atom. The number of thiazole rings is 1. The van der Waals surface area contributed by atoms with Crippen LogP contribution in [0.4, 0.5) is 5.13 Å². The molecule has 5 heteroatoms. The molecule has 0 spiro atoms. The lowest BCUT2D eigenvalue weighted by molar-refractivity contribution is -0.117. The first-order chi connectivity index (χ1) is 5.20. The summed E-state index contributed by atoms with van der Waals surface area (Å²) in [4.78, 5) is 14.8. The number of carbonyl (C=O) groups excluding carboxylic acids is 1. The van der Waals surface area contributed by atoms with Gasteiger partial charge < -0.3 is 11.1 Å². The van der Waals surface area contributed by atoms with Crippen LogP contribution in [-0.2, 0) is 4.79 Å². The second-order valence-electron chi connectivity index (χ2n) is 2.12. The lowest BCUT2D eigenvalue weighted by Crippen LogP contribution is -2.32. The molecular formula is C6H9N3OS. The number of hydrogen-bond acceptors (Lipinski definition) is 4. The number of carbonyl (C=O) groups is 1. The van der Waals surface area contributed by atoms with Crippen LogP contribution < -0.4 is 11.1 Å². The highest BCUT2D eigenvalue weighted by molar-refractivity contribution is 7.13. The van der Waals surface area contributed by atoms with Crippen LogP contribution >= 0.6 is 11.3 Å². The number of nitrogens with two attached hydrogens (primary N) is 1. The van der Waals surface area contributed by atoms with Crippen LogP contribution in [0.2, 0.25) is 0 Å². The van der Waals surface area contributed by atoms with Gasteiger partial charge in [-0.2, -0.15) is 0 Å². The number of amides is 1. The van der Waals surface area contributed by atoms with Crippen LogP contribution in [0.5, 0.6) is 0 Å². The van der Waals surface area contributed by atoms with Gasteiger partial charge in [-0.3, -0.25) is 4.79 Å². The predicted molar refractivity (Wildman–Crippen MR) is 44.4 cm³/mol. The maximum Gasteiger partial charge on any atom is 0.242 e. The van der Waals surface area contributed by atoms with Gasteiger partial charge in [0, 0.05) is 11.6 Å². The van der Waals surface area contributed by atoms with E-state index in [4.69, 9.17) is 5.73 Å². The van der Waals surface area contributed by atoms with Crippen LogP contribution in [0.1, 0.15) is 6.92 Å². The maximum atomic E-state index is 10.9. The van der Waals surface area contributed by atoms with Gasteiger partial charge in [-0.25, -0.2) is 4.98 Å². The van der Waals surface area contributed by atoms with Gasteiger partial charge in [0.15, 0.2) is 5.13 Å². The molecular weight excluding hydrogens is 162 g/mol. The molecule has 0 aliphatic rings.